The van der Waals surface area contributed by atoms with E-state index in [-0.39, 0.29) is 43.7 Å². The molecule has 0 aliphatic carbocycles. The number of rotatable bonds is 4. The fourth-order valence-electron chi connectivity index (χ4n) is 9.71. The van der Waals surface area contributed by atoms with E-state index in [4.69, 9.17) is 77.2 Å². The van der Waals surface area contributed by atoms with Crippen LogP contribution in [0.4, 0.5) is 0 Å². The van der Waals surface area contributed by atoms with Crippen LogP contribution in [0.2, 0.25) is 0 Å². The first kappa shape index (κ1) is 38.6. The molecule has 9 aromatic carbocycles. The second kappa shape index (κ2) is 14.2. The summed E-state index contributed by atoms with van der Waals surface area (Å²) < 4.78 is 8.79. The van der Waals surface area contributed by atoms with Gasteiger partial charge in [-0.15, -0.1) is 21.9 Å². The lowest BCUT2D eigenvalue weighted by atomic mass is 9.63. The van der Waals surface area contributed by atoms with Crippen molar-refractivity contribution in [2.24, 2.45) is 0 Å². The Morgan fingerprint density at radius 2 is 0.875 bits per heavy atom. The van der Waals surface area contributed by atoms with Crippen molar-refractivity contribution in [2.75, 3.05) is 0 Å². The van der Waals surface area contributed by atoms with Gasteiger partial charge in [0.1, 0.15) is 79.6 Å². The summed E-state index contributed by atoms with van der Waals surface area (Å²) in [6.45, 7) is 0. The van der Waals surface area contributed by atoms with Crippen molar-refractivity contribution in [1.29, 1.82) is 0 Å². The predicted molar refractivity (Wildman–Crippen MR) is 276 cm³/mol. The van der Waals surface area contributed by atoms with Crippen LogP contribution in [-0.4, -0.2) is 77.3 Å². The standard InChI is InChI=1S/C52H23B8N3O/c53-39-37-38-40(54)42(56)44(58)46(60)50(38)63(49(37)45(59)43(57)41(39)55)34-23-32-29-19-10-8-17-27(29)26-16-7-9-18-28(26)31(32)22-33(34)30-20-11-21-35-36(30)48-51(64-35)47(24-12-3-1-4-13-24)61-52(62-48)25-14-5-2-6-15-25/h1-23H. The van der Waals surface area contributed by atoms with Crippen LogP contribution >= 0.6 is 0 Å². The molecular formula is C52H23B8N3O. The Morgan fingerprint density at radius 1 is 0.391 bits per heavy atom. The third-order valence-corrected chi connectivity index (χ3v) is 12.8. The third-order valence-electron chi connectivity index (χ3n) is 12.8. The SMILES string of the molecule is [B]c1c([B])c([B])c2c(c1[B])c1c([B])c([B])c([B])c([B])c1n2-c1cc2c3ccccc3c3ccccc3c2cc1-c1cccc2oc3c(-c4ccccc4)nc(-c4ccccc4)nc3c12. The molecule has 0 saturated carbocycles. The lowest BCUT2D eigenvalue weighted by Crippen LogP contribution is -2.49. The van der Waals surface area contributed by atoms with Crippen LogP contribution in [-0.2, 0) is 0 Å². The van der Waals surface area contributed by atoms with Gasteiger partial charge in [0.25, 0.3) is 0 Å². The van der Waals surface area contributed by atoms with Gasteiger partial charge in [0.05, 0.1) is 11.1 Å². The Kier molecular flexibility index (Phi) is 8.59. The maximum Gasteiger partial charge on any atom is 0.180 e. The molecule has 4 nitrogen and oxygen atoms in total. The summed E-state index contributed by atoms with van der Waals surface area (Å²) in [5.74, 6) is 0.552. The molecule has 0 aliphatic rings. The molecule has 0 fully saturated rings. The quantitative estimate of drug-likeness (QED) is 0.198. The van der Waals surface area contributed by atoms with E-state index in [2.05, 4.69) is 60.7 Å². The number of benzene rings is 9. The van der Waals surface area contributed by atoms with Gasteiger partial charge in [-0.3, -0.25) is 0 Å². The van der Waals surface area contributed by atoms with Gasteiger partial charge in [-0.2, -0.15) is 0 Å². The number of furan rings is 1. The average molecular weight is 792 g/mol. The number of fused-ring (bicyclic) bond motifs is 12. The first-order valence-corrected chi connectivity index (χ1v) is 20.7. The molecular weight excluding hydrogens is 769 g/mol. The maximum absolute atomic E-state index is 7.07. The molecule has 0 unspecified atom stereocenters. The topological polar surface area (TPSA) is 43.9 Å². The first-order valence-electron chi connectivity index (χ1n) is 20.7. The van der Waals surface area contributed by atoms with Crippen molar-refractivity contribution < 1.29 is 4.42 Å². The van der Waals surface area contributed by atoms with E-state index in [9.17, 15) is 0 Å². The molecule has 0 saturated heterocycles. The van der Waals surface area contributed by atoms with Crippen LogP contribution in [0.25, 0.3) is 116 Å². The highest BCUT2D eigenvalue weighted by Gasteiger charge is 2.27. The molecule has 64 heavy (non-hydrogen) atoms. The Bertz CT molecular complexity index is 3920. The highest BCUT2D eigenvalue weighted by atomic mass is 16.3. The number of hydrogen-bond donors (Lipinski definition) is 0. The fraction of sp³-hybridized carbons (Fsp3) is 0. The van der Waals surface area contributed by atoms with Crippen LogP contribution < -0.4 is 43.7 Å². The van der Waals surface area contributed by atoms with E-state index >= 15 is 0 Å². The lowest BCUT2D eigenvalue weighted by molar-refractivity contribution is 0.667. The van der Waals surface area contributed by atoms with Crippen molar-refractivity contribution in [3.8, 4) is 39.5 Å². The van der Waals surface area contributed by atoms with Crippen LogP contribution in [0.1, 0.15) is 0 Å². The summed E-state index contributed by atoms with van der Waals surface area (Å²) in [6, 6.07) is 47.1. The largest absolute Gasteiger partial charge is 0.452 e. The van der Waals surface area contributed by atoms with E-state index in [1.54, 1.807) is 0 Å². The monoisotopic (exact) mass is 793 g/mol. The van der Waals surface area contributed by atoms with Gasteiger partial charge in [0.15, 0.2) is 11.4 Å². The Hall–Kier alpha value is -7.04. The molecule has 12 rings (SSSR count). The van der Waals surface area contributed by atoms with Gasteiger partial charge in [0, 0.05) is 27.7 Å². The van der Waals surface area contributed by atoms with Gasteiger partial charge >= 0.3 is 0 Å². The molecule has 0 bridgehead atoms. The van der Waals surface area contributed by atoms with Crippen molar-refractivity contribution in [2.45, 2.75) is 0 Å². The Balaban J connectivity index is 1.33. The normalized spacial score (nSPS) is 11.9. The minimum absolute atomic E-state index is 0.117. The van der Waals surface area contributed by atoms with Gasteiger partial charge in [-0.25, -0.2) is 9.97 Å². The van der Waals surface area contributed by atoms with Gasteiger partial charge in [-0.05, 0) is 66.9 Å². The molecule has 0 spiro atoms. The van der Waals surface area contributed by atoms with E-state index < -0.39 is 0 Å². The Morgan fingerprint density at radius 3 is 1.44 bits per heavy atom. The van der Waals surface area contributed by atoms with Crippen molar-refractivity contribution in [1.82, 2.24) is 14.5 Å². The van der Waals surface area contributed by atoms with E-state index in [0.29, 0.717) is 55.7 Å². The Labute approximate surface area is 378 Å². The van der Waals surface area contributed by atoms with Gasteiger partial charge in [0.2, 0.25) is 0 Å². The summed E-state index contributed by atoms with van der Waals surface area (Å²) >= 11 is 0. The molecule has 16 radical (unpaired) electrons. The minimum Gasteiger partial charge on any atom is -0.452 e. The highest BCUT2D eigenvalue weighted by molar-refractivity contribution is 6.71. The maximum atomic E-state index is 7.07. The zero-order valence-electron chi connectivity index (χ0n) is 34.1. The molecule has 0 aliphatic heterocycles. The predicted octanol–water partition coefficient (Wildman–Crippen LogP) is 4.28. The molecule has 276 valence electrons. The fourth-order valence-corrected chi connectivity index (χ4v) is 9.71. The molecule has 0 amide bonds. The molecule has 12 aromatic rings. The molecule has 0 atom stereocenters. The number of hydrogen-bond acceptors (Lipinski definition) is 3. The number of nitrogens with zero attached hydrogens (tertiary/aromatic N) is 3. The van der Waals surface area contributed by atoms with Crippen molar-refractivity contribution in [3.63, 3.8) is 0 Å². The van der Waals surface area contributed by atoms with Crippen LogP contribution in [0.15, 0.2) is 144 Å². The molecule has 12 heteroatoms. The third kappa shape index (κ3) is 5.35. The van der Waals surface area contributed by atoms with Gasteiger partial charge < -0.3 is 8.98 Å². The van der Waals surface area contributed by atoms with E-state index in [1.807, 2.05) is 83.4 Å². The molecule has 3 heterocycles. The molecule has 0 N–H and O–H groups in total. The highest BCUT2D eigenvalue weighted by Crippen LogP contribution is 2.46. The summed E-state index contributed by atoms with van der Waals surface area (Å²) in [4.78, 5) is 10.4. The zero-order valence-corrected chi connectivity index (χ0v) is 34.1. The van der Waals surface area contributed by atoms with Crippen molar-refractivity contribution in [3.05, 3.63) is 140 Å². The summed E-state index contributed by atoms with van der Waals surface area (Å²) in [7, 11) is 54.5. The van der Waals surface area contributed by atoms with Crippen molar-refractivity contribution >= 4 is 183 Å². The lowest BCUT2D eigenvalue weighted by Gasteiger charge is -2.22. The van der Waals surface area contributed by atoms with Crippen LogP contribution in [0.3, 0.4) is 0 Å². The zero-order chi connectivity index (χ0) is 43.7. The van der Waals surface area contributed by atoms with E-state index in [0.717, 1.165) is 60.0 Å². The smallest absolute Gasteiger partial charge is 0.180 e. The summed E-state index contributed by atoms with van der Waals surface area (Å²) in [5, 5.41) is 7.96. The number of aromatic nitrogens is 3. The minimum atomic E-state index is 0.117. The second-order valence-electron chi connectivity index (χ2n) is 16.2. The first-order chi connectivity index (χ1) is 31.1. The summed E-state index contributed by atoms with van der Waals surface area (Å²) in [5.41, 5.74) is 8.55. The second-order valence-corrected chi connectivity index (χ2v) is 16.2. The molecule has 3 aromatic heterocycles. The average Bonchev–Trinajstić information content (AvgIpc) is 3.91. The van der Waals surface area contributed by atoms with Gasteiger partial charge in [-0.1, -0.05) is 143 Å². The summed E-state index contributed by atoms with van der Waals surface area (Å²) in [6.07, 6.45) is 0. The van der Waals surface area contributed by atoms with Crippen LogP contribution in [0.5, 0.6) is 0 Å². The van der Waals surface area contributed by atoms with E-state index in [1.165, 1.54) is 0 Å². The van der Waals surface area contributed by atoms with Crippen LogP contribution in [0, 0.1) is 0 Å².